The van der Waals surface area contributed by atoms with Gasteiger partial charge in [-0.2, -0.15) is 0 Å². The Morgan fingerprint density at radius 3 is 2.55 bits per heavy atom. The number of benzene rings is 3. The number of anilines is 1. The van der Waals surface area contributed by atoms with E-state index in [1.165, 1.54) is 5.56 Å². The van der Waals surface area contributed by atoms with Gasteiger partial charge in [0.05, 0.1) is 12.0 Å². The Hall–Kier alpha value is -3.11. The number of hydrogen-bond donors (Lipinski definition) is 1. The van der Waals surface area contributed by atoms with Gasteiger partial charge in [0, 0.05) is 22.8 Å². The van der Waals surface area contributed by atoms with Crippen molar-refractivity contribution in [1.82, 2.24) is 4.90 Å². The summed E-state index contributed by atoms with van der Waals surface area (Å²) in [6.07, 6.45) is 0.795. The zero-order valence-electron chi connectivity index (χ0n) is 15.6. The van der Waals surface area contributed by atoms with Crippen LogP contribution in [0.3, 0.4) is 0 Å². The van der Waals surface area contributed by atoms with Gasteiger partial charge in [-0.25, -0.2) is 0 Å². The highest BCUT2D eigenvalue weighted by atomic mass is 35.5. The maximum absolute atomic E-state index is 13.5. The van der Waals surface area contributed by atoms with E-state index in [-0.39, 0.29) is 17.9 Å². The molecule has 29 heavy (non-hydrogen) atoms. The molecule has 2 aliphatic rings. The Kier molecular flexibility index (Phi) is 4.36. The van der Waals surface area contributed by atoms with Crippen LogP contribution in [0.25, 0.3) is 0 Å². The van der Waals surface area contributed by atoms with E-state index in [1.807, 2.05) is 53.4 Å². The summed E-state index contributed by atoms with van der Waals surface area (Å²) in [5, 5.41) is 3.57. The number of amides is 2. The van der Waals surface area contributed by atoms with Crippen LogP contribution >= 0.6 is 11.6 Å². The van der Waals surface area contributed by atoms with Crippen molar-refractivity contribution in [3.8, 4) is 0 Å². The first-order valence-electron chi connectivity index (χ1n) is 9.67. The summed E-state index contributed by atoms with van der Waals surface area (Å²) in [6, 6.07) is 22.3. The average Bonchev–Trinajstić information content (AvgIpc) is 2.74. The van der Waals surface area contributed by atoms with Crippen LogP contribution < -0.4 is 5.32 Å². The lowest BCUT2D eigenvalue weighted by Gasteiger charge is -2.45. The lowest BCUT2D eigenvalue weighted by atomic mass is 9.76. The van der Waals surface area contributed by atoms with Crippen molar-refractivity contribution in [1.29, 1.82) is 0 Å². The van der Waals surface area contributed by atoms with Gasteiger partial charge in [-0.05, 0) is 47.4 Å². The highest BCUT2D eigenvalue weighted by Gasteiger charge is 2.46. The summed E-state index contributed by atoms with van der Waals surface area (Å²) in [7, 11) is 0. The third-order valence-electron chi connectivity index (χ3n) is 5.81. The lowest BCUT2D eigenvalue weighted by Crippen LogP contribution is -2.49. The summed E-state index contributed by atoms with van der Waals surface area (Å²) in [5.41, 5.74) is 4.27. The zero-order chi connectivity index (χ0) is 20.0. The quantitative estimate of drug-likeness (QED) is 0.668. The van der Waals surface area contributed by atoms with Crippen LogP contribution in [-0.2, 0) is 11.2 Å². The van der Waals surface area contributed by atoms with Gasteiger partial charge in [0.25, 0.3) is 5.91 Å². The van der Waals surface area contributed by atoms with Gasteiger partial charge in [-0.15, -0.1) is 0 Å². The van der Waals surface area contributed by atoms with Gasteiger partial charge >= 0.3 is 0 Å². The van der Waals surface area contributed by atoms with E-state index in [0.717, 1.165) is 17.5 Å². The number of nitrogens with one attached hydrogen (secondary N) is 1. The third kappa shape index (κ3) is 3.00. The second-order valence-corrected chi connectivity index (χ2v) is 7.89. The number of rotatable bonds is 2. The molecule has 1 N–H and O–H groups in total. The second-order valence-electron chi connectivity index (χ2n) is 7.46. The van der Waals surface area contributed by atoms with Crippen LogP contribution in [0.5, 0.6) is 0 Å². The molecular formula is C24H19ClN2O2. The largest absolute Gasteiger partial charge is 0.330 e. The molecular weight excluding hydrogens is 384 g/mol. The van der Waals surface area contributed by atoms with E-state index in [2.05, 4.69) is 11.4 Å². The van der Waals surface area contributed by atoms with Crippen molar-refractivity contribution in [3.05, 3.63) is 100 Å². The van der Waals surface area contributed by atoms with E-state index in [1.54, 1.807) is 18.2 Å². The fourth-order valence-electron chi connectivity index (χ4n) is 4.54. The molecule has 0 aromatic heterocycles. The van der Waals surface area contributed by atoms with Gasteiger partial charge < -0.3 is 10.2 Å². The Morgan fingerprint density at radius 2 is 1.72 bits per heavy atom. The van der Waals surface area contributed by atoms with Crippen molar-refractivity contribution in [2.45, 2.75) is 18.4 Å². The molecule has 0 unspecified atom stereocenters. The first kappa shape index (κ1) is 18.0. The molecule has 2 heterocycles. The van der Waals surface area contributed by atoms with Gasteiger partial charge in [0.2, 0.25) is 5.91 Å². The Labute approximate surface area is 174 Å². The Balaban J connectivity index is 1.63. The van der Waals surface area contributed by atoms with Crippen LogP contribution in [0.2, 0.25) is 5.02 Å². The molecule has 4 nitrogen and oxygen atoms in total. The first-order valence-corrected chi connectivity index (χ1v) is 10.1. The SMILES string of the molecule is O=C(Nc1cccc(Cl)c1)[C@H]1c2ccccc2C(=O)N2CCc3ccccc3[C@@H]12. The van der Waals surface area contributed by atoms with Crippen LogP contribution in [-0.4, -0.2) is 23.3 Å². The summed E-state index contributed by atoms with van der Waals surface area (Å²) in [5.74, 6) is -0.643. The first-order chi connectivity index (χ1) is 14.1. The molecule has 5 rings (SSSR count). The average molecular weight is 403 g/mol. The third-order valence-corrected chi connectivity index (χ3v) is 6.04. The molecule has 0 fully saturated rings. The molecule has 0 spiro atoms. The molecule has 0 saturated carbocycles. The predicted molar refractivity (Wildman–Crippen MR) is 113 cm³/mol. The lowest BCUT2D eigenvalue weighted by molar-refractivity contribution is -0.119. The van der Waals surface area contributed by atoms with Gasteiger partial charge in [-0.3, -0.25) is 9.59 Å². The molecule has 3 aromatic carbocycles. The molecule has 0 bridgehead atoms. The minimum Gasteiger partial charge on any atom is -0.330 e. The number of carbonyl (C=O) groups excluding carboxylic acids is 2. The molecule has 0 saturated heterocycles. The summed E-state index contributed by atoms with van der Waals surface area (Å²) in [4.78, 5) is 28.6. The molecule has 2 aliphatic heterocycles. The Bertz CT molecular complexity index is 1130. The van der Waals surface area contributed by atoms with E-state index < -0.39 is 5.92 Å². The summed E-state index contributed by atoms with van der Waals surface area (Å²) >= 11 is 6.09. The minimum absolute atomic E-state index is 0.00749. The van der Waals surface area contributed by atoms with E-state index in [0.29, 0.717) is 22.8 Å². The smallest absolute Gasteiger partial charge is 0.254 e. The highest BCUT2D eigenvalue weighted by molar-refractivity contribution is 6.30. The minimum atomic E-state index is -0.496. The molecule has 5 heteroatoms. The predicted octanol–water partition coefficient (Wildman–Crippen LogP) is 4.82. The highest BCUT2D eigenvalue weighted by Crippen LogP contribution is 2.46. The molecule has 3 aromatic rings. The van der Waals surface area contributed by atoms with E-state index >= 15 is 0 Å². The number of halogens is 1. The van der Waals surface area contributed by atoms with Crippen LogP contribution in [0, 0.1) is 0 Å². The number of nitrogens with zero attached hydrogens (tertiary/aromatic N) is 1. The van der Waals surface area contributed by atoms with Crippen molar-refractivity contribution >= 4 is 29.1 Å². The van der Waals surface area contributed by atoms with Gasteiger partial charge in [0.15, 0.2) is 0 Å². The second kappa shape index (κ2) is 7.05. The van der Waals surface area contributed by atoms with Crippen molar-refractivity contribution in [3.63, 3.8) is 0 Å². The van der Waals surface area contributed by atoms with Crippen LogP contribution in [0.15, 0.2) is 72.8 Å². The monoisotopic (exact) mass is 402 g/mol. The van der Waals surface area contributed by atoms with Gasteiger partial charge in [-0.1, -0.05) is 60.1 Å². The number of carbonyl (C=O) groups is 2. The normalized spacial score (nSPS) is 19.8. The molecule has 2 atom stereocenters. The topological polar surface area (TPSA) is 49.4 Å². The van der Waals surface area contributed by atoms with Crippen LogP contribution in [0.4, 0.5) is 5.69 Å². The van der Waals surface area contributed by atoms with E-state index in [4.69, 9.17) is 11.6 Å². The van der Waals surface area contributed by atoms with Crippen molar-refractivity contribution in [2.75, 3.05) is 11.9 Å². The maximum atomic E-state index is 13.5. The maximum Gasteiger partial charge on any atom is 0.254 e. The number of fused-ring (bicyclic) bond motifs is 4. The molecule has 0 radical (unpaired) electrons. The Morgan fingerprint density at radius 1 is 0.966 bits per heavy atom. The van der Waals surface area contributed by atoms with Crippen molar-refractivity contribution in [2.24, 2.45) is 0 Å². The molecule has 2 amide bonds. The fourth-order valence-corrected chi connectivity index (χ4v) is 4.73. The fraction of sp³-hybridized carbons (Fsp3) is 0.167. The molecule has 144 valence electrons. The molecule has 0 aliphatic carbocycles. The van der Waals surface area contributed by atoms with Crippen LogP contribution in [0.1, 0.15) is 39.0 Å². The van der Waals surface area contributed by atoms with E-state index in [9.17, 15) is 9.59 Å². The summed E-state index contributed by atoms with van der Waals surface area (Å²) < 4.78 is 0. The van der Waals surface area contributed by atoms with Crippen molar-refractivity contribution < 1.29 is 9.59 Å². The zero-order valence-corrected chi connectivity index (χ0v) is 16.4. The standard InChI is InChI=1S/C24H19ClN2O2/c25-16-7-5-8-17(14-16)26-23(28)21-19-10-3-4-11-20(19)24(29)27-13-12-15-6-1-2-9-18(15)22(21)27/h1-11,14,21-22H,12-13H2,(H,26,28)/t21-,22-/m0/s1. The number of hydrogen-bond acceptors (Lipinski definition) is 2. The van der Waals surface area contributed by atoms with Gasteiger partial charge in [0.1, 0.15) is 0 Å². The summed E-state index contributed by atoms with van der Waals surface area (Å²) in [6.45, 7) is 0.607.